The monoisotopic (exact) mass is 1060 g/mol. The lowest BCUT2D eigenvalue weighted by atomic mass is 9.91. The molecule has 6 unspecified atom stereocenters. The van der Waals surface area contributed by atoms with Crippen LogP contribution in [-0.2, 0) is 0 Å². The third kappa shape index (κ3) is 19.8. The number of nitrogens with zero attached hydrogens (tertiary/aromatic N) is 6. The molecular weight excluding hydrogens is 973 g/mol. The molecule has 3 aromatic rings. The van der Waals surface area contributed by atoms with Gasteiger partial charge >= 0.3 is 0 Å². The van der Waals surface area contributed by atoms with Crippen molar-refractivity contribution in [3.63, 3.8) is 0 Å². The lowest BCUT2D eigenvalue weighted by molar-refractivity contribution is 0.389. The van der Waals surface area contributed by atoms with Gasteiger partial charge in [-0.05, 0) is 87.8 Å². The molecule has 9 nitrogen and oxygen atoms in total. The maximum absolute atomic E-state index is 12.0. The number of rotatable bonds is 16. The molecule has 6 bridgehead atoms. The van der Waals surface area contributed by atoms with Crippen LogP contribution in [0.1, 0.15) is 270 Å². The molecule has 6 atom stereocenters. The van der Waals surface area contributed by atoms with E-state index in [1.165, 1.54) is 89.9 Å². The minimum absolute atomic E-state index is 0.109. The van der Waals surface area contributed by atoms with Gasteiger partial charge in [-0.1, -0.05) is 185 Å². The lowest BCUT2D eigenvalue weighted by Crippen LogP contribution is -2.27. The Morgan fingerprint density at radius 3 is 0.797 bits per heavy atom. The zero-order valence-electron chi connectivity index (χ0n) is 48.3. The summed E-state index contributed by atoms with van der Waals surface area (Å²) in [5.41, 5.74) is 6.00. The molecule has 1 aliphatic heterocycles. The van der Waals surface area contributed by atoms with Gasteiger partial charge in [0.25, 0.3) is 0 Å². The fourth-order valence-electron chi connectivity index (χ4n) is 11.4. The van der Waals surface area contributed by atoms with Gasteiger partial charge in [0.2, 0.25) is 0 Å². The number of phenols is 3. The van der Waals surface area contributed by atoms with Crippen LogP contribution in [0, 0.1) is 35.5 Å². The van der Waals surface area contributed by atoms with E-state index in [0.29, 0.717) is 39.8 Å². The largest absolute Gasteiger partial charge is 0.507 e. The maximum Gasteiger partial charge on any atom is 0.133 e. The van der Waals surface area contributed by atoms with Crippen molar-refractivity contribution in [2.45, 2.75) is 256 Å². The van der Waals surface area contributed by atoms with Gasteiger partial charge in [-0.3, -0.25) is 30.0 Å². The number of aliphatic imine (C=N–C) groups is 6. The first kappa shape index (κ1) is 60.4. The SMILES string of the molecule is CCC#Cc1cc2c(O)c(c1)C=NC1CCCCC1N=Cc1cc(C#CCCCCCCCCCC)cc(c1O)C=NC1CCCCC1N=Cc1cc(C#CCCCCCCCCCC)cc(c1O)C=NC1CCCCC1N=C2. The molecule has 3 aromatic carbocycles. The van der Waals surface area contributed by atoms with Crippen molar-refractivity contribution in [3.8, 4) is 52.8 Å². The third-order valence-corrected chi connectivity index (χ3v) is 16.2. The van der Waals surface area contributed by atoms with Gasteiger partial charge in [0.05, 0.1) is 36.3 Å². The zero-order valence-corrected chi connectivity index (χ0v) is 48.3. The van der Waals surface area contributed by atoms with E-state index in [0.717, 1.165) is 119 Å². The van der Waals surface area contributed by atoms with Gasteiger partial charge in [0.1, 0.15) is 17.2 Å². The first-order chi connectivity index (χ1) is 38.8. The van der Waals surface area contributed by atoms with Crippen LogP contribution in [-0.4, -0.2) is 88.9 Å². The zero-order chi connectivity index (χ0) is 55.3. The third-order valence-electron chi connectivity index (χ3n) is 16.2. The molecule has 420 valence electrons. The van der Waals surface area contributed by atoms with Crippen LogP contribution in [0.4, 0.5) is 0 Å². The molecule has 0 spiro atoms. The maximum atomic E-state index is 12.0. The molecule has 3 fully saturated rings. The van der Waals surface area contributed by atoms with Gasteiger partial charge in [0, 0.05) is 107 Å². The minimum atomic E-state index is -0.113. The summed E-state index contributed by atoms with van der Waals surface area (Å²) in [7, 11) is 0. The molecule has 0 radical (unpaired) electrons. The van der Waals surface area contributed by atoms with E-state index in [1.54, 1.807) is 24.9 Å². The summed E-state index contributed by atoms with van der Waals surface area (Å²) in [5, 5.41) is 35.9. The number of hydrogen-bond donors (Lipinski definition) is 3. The molecule has 0 amide bonds. The number of phenolic OH excluding ortho intramolecular Hbond substituents is 3. The smallest absolute Gasteiger partial charge is 0.133 e. The Bertz CT molecular complexity index is 2610. The van der Waals surface area contributed by atoms with Crippen molar-refractivity contribution in [1.82, 2.24) is 0 Å². The molecule has 0 aromatic heterocycles. The van der Waals surface area contributed by atoms with Gasteiger partial charge in [-0.15, -0.1) is 0 Å². The highest BCUT2D eigenvalue weighted by atomic mass is 16.3. The topological polar surface area (TPSA) is 135 Å². The van der Waals surface area contributed by atoms with E-state index in [4.69, 9.17) is 30.0 Å². The fraction of sp³-hybridized carbons (Fsp3) is 0.571. The summed E-state index contributed by atoms with van der Waals surface area (Å²) in [6, 6.07) is 10.9. The quantitative estimate of drug-likeness (QED) is 0.0974. The Balaban J connectivity index is 1.25. The highest BCUT2D eigenvalue weighted by Crippen LogP contribution is 2.32. The average molecular weight is 1070 g/mol. The highest BCUT2D eigenvalue weighted by Gasteiger charge is 2.27. The Kier molecular flexibility index (Phi) is 26.0. The Morgan fingerprint density at radius 1 is 0.329 bits per heavy atom. The summed E-state index contributed by atoms with van der Waals surface area (Å²) in [4.78, 5) is 30.9. The number of aromatic hydroxyl groups is 3. The standard InChI is InChI=1S/C70H92N6O3/c1-4-7-10-12-14-16-18-20-22-24-33-54-43-58-49-73-64-37-28-26-35-62(64)71-47-56-41-53(32-9-6-3)42-57(68(56)77)48-72-63-36-27-29-38-65(63)74-50-59-44-55(34-25-23-21-19-17-15-13-11-8-5-2)46-61(70(59)79)52-76-67-40-31-30-39-66(67)75-51-60(45-54)69(58)78/h41-52,62-67,77-79H,4-8,10-23,26-31,35-40H2,1-3H3. The van der Waals surface area contributed by atoms with E-state index >= 15 is 0 Å². The Hall–Kier alpha value is -6.24. The Morgan fingerprint density at radius 2 is 0.557 bits per heavy atom. The first-order valence-corrected chi connectivity index (χ1v) is 31.1. The minimum Gasteiger partial charge on any atom is -0.507 e. The lowest BCUT2D eigenvalue weighted by Gasteiger charge is -2.26. The molecule has 1 heterocycles. The summed E-state index contributed by atoms with van der Waals surface area (Å²) in [5.74, 6) is 20.6. The molecule has 7 rings (SSSR count). The van der Waals surface area contributed by atoms with Gasteiger partial charge in [-0.25, -0.2) is 0 Å². The number of hydrogen-bond acceptors (Lipinski definition) is 9. The van der Waals surface area contributed by atoms with Crippen LogP contribution >= 0.6 is 0 Å². The molecular formula is C70H92N6O3. The van der Waals surface area contributed by atoms with Crippen molar-refractivity contribution in [1.29, 1.82) is 0 Å². The highest BCUT2D eigenvalue weighted by molar-refractivity contribution is 5.95. The van der Waals surface area contributed by atoms with Gasteiger partial charge < -0.3 is 15.3 Å². The van der Waals surface area contributed by atoms with Crippen molar-refractivity contribution in [3.05, 3.63) is 86.5 Å². The van der Waals surface area contributed by atoms with E-state index in [-0.39, 0.29) is 53.5 Å². The number of unbranched alkanes of at least 4 members (excludes halogenated alkanes) is 16. The van der Waals surface area contributed by atoms with Crippen LogP contribution in [0.2, 0.25) is 0 Å². The van der Waals surface area contributed by atoms with E-state index < -0.39 is 0 Å². The van der Waals surface area contributed by atoms with E-state index in [2.05, 4.69) is 49.4 Å². The average Bonchev–Trinajstić information content (AvgIpc) is 3.50. The second-order valence-electron chi connectivity index (χ2n) is 22.6. The van der Waals surface area contributed by atoms with Crippen LogP contribution in [0.15, 0.2) is 66.4 Å². The summed E-state index contributed by atoms with van der Waals surface area (Å²) < 4.78 is 0. The predicted octanol–water partition coefficient (Wildman–Crippen LogP) is 16.2. The number of benzene rings is 3. The Labute approximate surface area is 475 Å². The molecule has 3 aliphatic carbocycles. The van der Waals surface area contributed by atoms with Crippen LogP contribution < -0.4 is 0 Å². The molecule has 79 heavy (non-hydrogen) atoms. The van der Waals surface area contributed by atoms with Gasteiger partial charge in [-0.2, -0.15) is 0 Å². The first-order valence-electron chi connectivity index (χ1n) is 31.1. The van der Waals surface area contributed by atoms with Gasteiger partial charge in [0.15, 0.2) is 0 Å². The second-order valence-corrected chi connectivity index (χ2v) is 22.6. The van der Waals surface area contributed by atoms with Crippen molar-refractivity contribution >= 4 is 37.3 Å². The molecule has 3 N–H and O–H groups in total. The van der Waals surface area contributed by atoms with Crippen molar-refractivity contribution in [2.75, 3.05) is 0 Å². The normalized spacial score (nSPS) is 21.0. The summed E-state index contributed by atoms with van der Waals surface area (Å²) >= 11 is 0. The van der Waals surface area contributed by atoms with Crippen LogP contribution in [0.25, 0.3) is 0 Å². The van der Waals surface area contributed by atoms with Crippen molar-refractivity contribution < 1.29 is 15.3 Å². The molecule has 0 saturated heterocycles. The van der Waals surface area contributed by atoms with Crippen LogP contribution in [0.3, 0.4) is 0 Å². The van der Waals surface area contributed by atoms with E-state index in [9.17, 15) is 15.3 Å². The molecule has 4 aliphatic rings. The summed E-state index contributed by atoms with van der Waals surface area (Å²) in [6.45, 7) is 6.55. The predicted molar refractivity (Wildman–Crippen MR) is 333 cm³/mol. The second kappa shape index (κ2) is 34.0. The van der Waals surface area contributed by atoms with Crippen LogP contribution in [0.5, 0.6) is 17.2 Å². The molecule has 9 heteroatoms. The van der Waals surface area contributed by atoms with Crippen molar-refractivity contribution in [2.24, 2.45) is 30.0 Å². The molecule has 3 saturated carbocycles. The summed E-state index contributed by atoms with van der Waals surface area (Å²) in [6.07, 6.45) is 44.6. The fourth-order valence-corrected chi connectivity index (χ4v) is 11.4. The van der Waals surface area contributed by atoms with E-state index in [1.807, 2.05) is 55.8 Å². The number of fused-ring (bicyclic) bond motifs is 9.